The largest absolute Gasteiger partial charge is 0.481 e. The Kier molecular flexibility index (Phi) is 7.73. The van der Waals surface area contributed by atoms with E-state index in [0.29, 0.717) is 25.3 Å². The highest BCUT2D eigenvalue weighted by atomic mass is 16.4. The van der Waals surface area contributed by atoms with Crippen molar-refractivity contribution in [2.45, 2.75) is 44.6 Å². The summed E-state index contributed by atoms with van der Waals surface area (Å²) in [4.78, 5) is 25.2. The van der Waals surface area contributed by atoms with Gasteiger partial charge >= 0.3 is 12.0 Å². The molecule has 1 aromatic rings. The number of rotatable bonds is 9. The molecule has 0 aromatic heterocycles. The zero-order chi connectivity index (χ0) is 18.1. The smallest absolute Gasteiger partial charge is 0.317 e. The lowest BCUT2D eigenvalue weighted by Gasteiger charge is -2.23. The van der Waals surface area contributed by atoms with E-state index in [1.54, 1.807) is 4.90 Å². The number of likely N-dealkylation sites (tertiary alicyclic amines) is 1. The Morgan fingerprint density at radius 1 is 1.28 bits per heavy atom. The third-order valence-electron chi connectivity index (χ3n) is 4.70. The standard InChI is InChI=1S/C19H28N2O4/c22-12-4-7-16-10-11-21(14-16)19(25)20-17(8-9-18(23)24)13-15-5-2-1-3-6-15/h1-3,5-6,16-17,22H,4,7-14H2,(H,20,25)(H,23,24). The quantitative estimate of drug-likeness (QED) is 0.638. The van der Waals surface area contributed by atoms with E-state index in [4.69, 9.17) is 10.2 Å². The Labute approximate surface area is 148 Å². The van der Waals surface area contributed by atoms with E-state index >= 15 is 0 Å². The summed E-state index contributed by atoms with van der Waals surface area (Å²) < 4.78 is 0. The van der Waals surface area contributed by atoms with Crippen molar-refractivity contribution in [3.8, 4) is 0 Å². The molecule has 2 atom stereocenters. The first-order chi connectivity index (χ1) is 12.1. The topological polar surface area (TPSA) is 89.9 Å². The molecule has 6 nitrogen and oxygen atoms in total. The van der Waals surface area contributed by atoms with Gasteiger partial charge in [-0.1, -0.05) is 30.3 Å². The maximum atomic E-state index is 12.5. The van der Waals surface area contributed by atoms with Crippen molar-refractivity contribution in [1.82, 2.24) is 10.2 Å². The van der Waals surface area contributed by atoms with Gasteiger partial charge in [-0.3, -0.25) is 4.79 Å². The maximum absolute atomic E-state index is 12.5. The fourth-order valence-corrected chi connectivity index (χ4v) is 3.32. The van der Waals surface area contributed by atoms with Gasteiger partial charge in [0, 0.05) is 32.2 Å². The minimum atomic E-state index is -0.849. The lowest BCUT2D eigenvalue weighted by molar-refractivity contribution is -0.137. The molecule has 3 N–H and O–H groups in total. The molecule has 1 heterocycles. The van der Waals surface area contributed by atoms with Crippen LogP contribution in [0.4, 0.5) is 4.79 Å². The summed E-state index contributed by atoms with van der Waals surface area (Å²) in [5, 5.41) is 20.9. The molecule has 138 valence electrons. The molecule has 6 heteroatoms. The summed E-state index contributed by atoms with van der Waals surface area (Å²) in [6.07, 6.45) is 3.75. The zero-order valence-corrected chi connectivity index (χ0v) is 14.6. The highest BCUT2D eigenvalue weighted by Gasteiger charge is 2.27. The van der Waals surface area contributed by atoms with Crippen LogP contribution in [0.15, 0.2) is 30.3 Å². The number of hydrogen-bond acceptors (Lipinski definition) is 3. The second-order valence-corrected chi connectivity index (χ2v) is 6.74. The molecule has 0 aliphatic carbocycles. The average Bonchev–Trinajstić information content (AvgIpc) is 3.08. The first-order valence-electron chi connectivity index (χ1n) is 9.00. The summed E-state index contributed by atoms with van der Waals surface area (Å²) in [7, 11) is 0. The molecule has 25 heavy (non-hydrogen) atoms. The van der Waals surface area contributed by atoms with Crippen molar-refractivity contribution in [3.05, 3.63) is 35.9 Å². The van der Waals surface area contributed by atoms with Crippen molar-refractivity contribution in [2.75, 3.05) is 19.7 Å². The van der Waals surface area contributed by atoms with Gasteiger partial charge in [0.2, 0.25) is 0 Å². The fourth-order valence-electron chi connectivity index (χ4n) is 3.32. The predicted octanol–water partition coefficient (Wildman–Crippen LogP) is 2.27. The summed E-state index contributed by atoms with van der Waals surface area (Å²) in [6.45, 7) is 1.62. The van der Waals surface area contributed by atoms with Crippen molar-refractivity contribution < 1.29 is 19.8 Å². The number of aliphatic hydroxyl groups excluding tert-OH is 1. The zero-order valence-electron chi connectivity index (χ0n) is 14.6. The van der Waals surface area contributed by atoms with Crippen LogP contribution in [0.5, 0.6) is 0 Å². The predicted molar refractivity (Wildman–Crippen MR) is 95.3 cm³/mol. The van der Waals surface area contributed by atoms with Crippen LogP contribution in [0.3, 0.4) is 0 Å². The number of carboxylic acid groups (broad SMARTS) is 1. The van der Waals surface area contributed by atoms with Crippen LogP contribution in [0, 0.1) is 5.92 Å². The summed E-state index contributed by atoms with van der Waals surface area (Å²) in [5.41, 5.74) is 1.08. The number of hydrogen-bond donors (Lipinski definition) is 3. The van der Waals surface area contributed by atoms with Crippen LogP contribution in [0.1, 0.15) is 37.7 Å². The summed E-state index contributed by atoms with van der Waals surface area (Å²) in [6, 6.07) is 9.49. The van der Waals surface area contributed by atoms with Crippen molar-refractivity contribution >= 4 is 12.0 Å². The highest BCUT2D eigenvalue weighted by Crippen LogP contribution is 2.21. The number of aliphatic hydroxyl groups is 1. The molecule has 1 aromatic carbocycles. The van der Waals surface area contributed by atoms with Crippen LogP contribution in [-0.2, 0) is 11.2 Å². The second-order valence-electron chi connectivity index (χ2n) is 6.74. The van der Waals surface area contributed by atoms with Crippen LogP contribution < -0.4 is 5.32 Å². The minimum Gasteiger partial charge on any atom is -0.481 e. The van der Waals surface area contributed by atoms with Gasteiger partial charge in [-0.05, 0) is 43.6 Å². The minimum absolute atomic E-state index is 0.0386. The number of amides is 2. The monoisotopic (exact) mass is 348 g/mol. The van der Waals surface area contributed by atoms with E-state index in [1.807, 2.05) is 30.3 Å². The Morgan fingerprint density at radius 3 is 2.72 bits per heavy atom. The first kappa shape index (κ1) is 19.2. The SMILES string of the molecule is O=C(O)CCC(Cc1ccccc1)NC(=O)N1CCC(CCCO)C1. The van der Waals surface area contributed by atoms with E-state index < -0.39 is 5.97 Å². The van der Waals surface area contributed by atoms with Crippen molar-refractivity contribution in [2.24, 2.45) is 5.92 Å². The molecule has 1 fully saturated rings. The van der Waals surface area contributed by atoms with Gasteiger partial charge in [-0.15, -0.1) is 0 Å². The summed E-state index contributed by atoms with van der Waals surface area (Å²) in [5.74, 6) is -0.401. The number of carboxylic acids is 1. The number of nitrogens with one attached hydrogen (secondary N) is 1. The molecule has 0 saturated carbocycles. The third-order valence-corrected chi connectivity index (χ3v) is 4.70. The van der Waals surface area contributed by atoms with Crippen molar-refractivity contribution in [1.29, 1.82) is 0 Å². The van der Waals surface area contributed by atoms with Gasteiger partial charge < -0.3 is 20.4 Å². The number of urea groups is 1. The van der Waals surface area contributed by atoms with E-state index in [-0.39, 0.29) is 25.1 Å². The lowest BCUT2D eigenvalue weighted by atomic mass is 10.0. The lowest BCUT2D eigenvalue weighted by Crippen LogP contribution is -2.45. The van der Waals surface area contributed by atoms with Gasteiger partial charge in [0.05, 0.1) is 0 Å². The molecule has 1 aliphatic heterocycles. The number of benzene rings is 1. The third kappa shape index (κ3) is 6.74. The molecule has 1 aliphatic rings. The molecule has 2 unspecified atom stereocenters. The fraction of sp³-hybridized carbons (Fsp3) is 0.579. The molecule has 2 rings (SSSR count). The normalized spacial score (nSPS) is 18.1. The van der Waals surface area contributed by atoms with Crippen LogP contribution >= 0.6 is 0 Å². The van der Waals surface area contributed by atoms with Crippen LogP contribution in [0.2, 0.25) is 0 Å². The Hall–Kier alpha value is -2.08. The molecular formula is C19H28N2O4. The van der Waals surface area contributed by atoms with E-state index in [0.717, 1.165) is 31.4 Å². The van der Waals surface area contributed by atoms with Crippen LogP contribution in [0.25, 0.3) is 0 Å². The average molecular weight is 348 g/mol. The first-order valence-corrected chi connectivity index (χ1v) is 9.00. The number of aliphatic carboxylic acids is 1. The Bertz CT molecular complexity index is 550. The van der Waals surface area contributed by atoms with Gasteiger partial charge in [-0.2, -0.15) is 0 Å². The van der Waals surface area contributed by atoms with Gasteiger partial charge in [-0.25, -0.2) is 4.79 Å². The maximum Gasteiger partial charge on any atom is 0.317 e. The number of carbonyl (C=O) groups excluding carboxylic acids is 1. The van der Waals surface area contributed by atoms with Crippen LogP contribution in [-0.4, -0.2) is 52.9 Å². The molecule has 1 saturated heterocycles. The van der Waals surface area contributed by atoms with Gasteiger partial charge in [0.15, 0.2) is 0 Å². The summed E-state index contributed by atoms with van der Waals surface area (Å²) >= 11 is 0. The van der Waals surface area contributed by atoms with Gasteiger partial charge in [0.1, 0.15) is 0 Å². The Morgan fingerprint density at radius 2 is 2.04 bits per heavy atom. The molecule has 0 bridgehead atoms. The molecule has 2 amide bonds. The van der Waals surface area contributed by atoms with E-state index in [2.05, 4.69) is 5.32 Å². The molecular weight excluding hydrogens is 320 g/mol. The van der Waals surface area contributed by atoms with E-state index in [9.17, 15) is 9.59 Å². The highest BCUT2D eigenvalue weighted by molar-refractivity contribution is 5.75. The number of nitrogens with zero attached hydrogens (tertiary/aromatic N) is 1. The Balaban J connectivity index is 1.89. The van der Waals surface area contributed by atoms with Crippen molar-refractivity contribution in [3.63, 3.8) is 0 Å². The molecule has 0 spiro atoms. The molecule has 0 radical (unpaired) electrons. The second kappa shape index (κ2) is 10.0. The number of carbonyl (C=O) groups is 2. The van der Waals surface area contributed by atoms with Gasteiger partial charge in [0.25, 0.3) is 0 Å². The van der Waals surface area contributed by atoms with E-state index in [1.165, 1.54) is 0 Å².